The van der Waals surface area contributed by atoms with Crippen molar-refractivity contribution in [1.82, 2.24) is 0 Å². The van der Waals surface area contributed by atoms with E-state index in [0.29, 0.717) is 5.56 Å². The van der Waals surface area contributed by atoms with Crippen molar-refractivity contribution in [2.45, 2.75) is 26.4 Å². The van der Waals surface area contributed by atoms with Crippen molar-refractivity contribution in [2.24, 2.45) is 0 Å². The molecule has 0 fully saturated rings. The van der Waals surface area contributed by atoms with Crippen LogP contribution in [0.5, 0.6) is 5.75 Å². The van der Waals surface area contributed by atoms with Crippen molar-refractivity contribution in [3.8, 4) is 5.75 Å². The fourth-order valence-corrected chi connectivity index (χ4v) is 1.03. The van der Waals surface area contributed by atoms with Crippen LogP contribution in [-0.2, 0) is 9.53 Å². The maximum absolute atomic E-state index is 11.3. The Hall–Kier alpha value is -1.95. The Morgan fingerprint density at radius 2 is 2.00 bits per heavy atom. The van der Waals surface area contributed by atoms with Crippen LogP contribution in [0.2, 0.25) is 0 Å². The Morgan fingerprint density at radius 3 is 2.50 bits per heavy atom. The van der Waals surface area contributed by atoms with Crippen LogP contribution in [0.25, 0.3) is 5.76 Å². The molecule has 0 spiro atoms. The summed E-state index contributed by atoms with van der Waals surface area (Å²) < 4.78 is 5.43. The zero-order valence-corrected chi connectivity index (χ0v) is 9.63. The van der Waals surface area contributed by atoms with Crippen molar-refractivity contribution in [3.05, 3.63) is 36.4 Å². The van der Waals surface area contributed by atoms with Crippen LogP contribution >= 0.6 is 0 Å². The van der Waals surface area contributed by atoms with Crippen molar-refractivity contribution >= 4 is 11.5 Å². The largest absolute Gasteiger partial charge is 0.506 e. The third-order valence-corrected chi connectivity index (χ3v) is 2.31. The van der Waals surface area contributed by atoms with Gasteiger partial charge in [0.15, 0.2) is 11.4 Å². The number of hydrogen-bond acceptors (Lipinski definition) is 3. The molecule has 1 aromatic rings. The smallest absolute Gasteiger partial charge is 0.172 e. The number of rotatable bonds is 4. The van der Waals surface area contributed by atoms with Gasteiger partial charge in [0, 0.05) is 12.1 Å². The summed E-state index contributed by atoms with van der Waals surface area (Å²) in [5, 5.41) is 9.54. The predicted octanol–water partition coefficient (Wildman–Crippen LogP) is 2.35. The predicted molar refractivity (Wildman–Crippen MR) is 60.7 cm³/mol. The minimum absolute atomic E-state index is 0.00287. The molecule has 1 rings (SSSR count). The molecular weight excluding hydrogens is 204 g/mol. The molecule has 0 bridgehead atoms. The molecule has 84 valence electrons. The summed E-state index contributed by atoms with van der Waals surface area (Å²) in [6, 6.07) is 8.16. The van der Waals surface area contributed by atoms with Gasteiger partial charge < -0.3 is 9.84 Å². The minimum atomic E-state index is -0.955. The number of carbonyl (C=O) groups is 1. The van der Waals surface area contributed by atoms with Gasteiger partial charge in [0.05, 0.1) is 5.56 Å². The number of Topliss-reactive ketones (excluding diaryl/α,β-unsaturated/α-hetero) is 1. The highest BCUT2D eigenvalue weighted by atomic mass is 16.5. The zero-order valence-electron chi connectivity index (χ0n) is 9.63. The van der Waals surface area contributed by atoms with Crippen LogP contribution in [0.4, 0.5) is 0 Å². The quantitative estimate of drug-likeness (QED) is 0.789. The third kappa shape index (κ3) is 2.54. The molecule has 0 amide bonds. The molecule has 1 aromatic carbocycles. The molecule has 0 aliphatic carbocycles. The molecule has 3 heteroatoms. The molecule has 0 saturated carbocycles. The van der Waals surface area contributed by atoms with E-state index < -0.39 is 5.60 Å². The summed E-state index contributed by atoms with van der Waals surface area (Å²) >= 11 is 0. The highest BCUT2D eigenvalue weighted by Crippen LogP contribution is 2.27. The van der Waals surface area contributed by atoms with Gasteiger partial charge in [0.25, 0.3) is 0 Å². The molecule has 0 saturated heterocycles. The lowest BCUT2D eigenvalue weighted by Gasteiger charge is -2.24. The second-order valence-corrected chi connectivity index (χ2v) is 3.97. The van der Waals surface area contributed by atoms with Crippen molar-refractivity contribution in [1.29, 1.82) is 0 Å². The highest BCUT2D eigenvalue weighted by Gasteiger charge is 2.26. The molecule has 16 heavy (non-hydrogen) atoms. The number of ketones is 1. The molecule has 0 radical (unpaired) electrons. The fraction of sp³-hybridized carbons (Fsp3) is 0.308. The normalized spacial score (nSPS) is 10.4. The van der Waals surface area contributed by atoms with Gasteiger partial charge in [-0.15, -0.1) is 0 Å². The summed E-state index contributed by atoms with van der Waals surface area (Å²) in [7, 11) is 0. The van der Waals surface area contributed by atoms with Crippen molar-refractivity contribution in [3.63, 3.8) is 0 Å². The Morgan fingerprint density at radius 1 is 1.44 bits per heavy atom. The second kappa shape index (κ2) is 4.28. The molecule has 0 heterocycles. The fourth-order valence-electron chi connectivity index (χ4n) is 1.03. The monoisotopic (exact) mass is 218 g/mol. The SMILES string of the molecule is C=C(OC(C)(C)C(C)=O)c1cc#ccc1O. The summed E-state index contributed by atoms with van der Waals surface area (Å²) in [6.07, 6.45) is 0. The average molecular weight is 218 g/mol. The number of carbonyl (C=O) groups excluding carboxylic acids is 1. The summed E-state index contributed by atoms with van der Waals surface area (Å²) in [5.74, 6) is 0.130. The Bertz CT molecular complexity index is 419. The summed E-state index contributed by atoms with van der Waals surface area (Å²) in [4.78, 5) is 11.3. The second-order valence-electron chi connectivity index (χ2n) is 3.97. The van der Waals surface area contributed by atoms with E-state index >= 15 is 0 Å². The first-order valence-corrected chi connectivity index (χ1v) is 4.84. The summed E-state index contributed by atoms with van der Waals surface area (Å²) in [5.41, 5.74) is -0.545. The van der Waals surface area contributed by atoms with Crippen LogP contribution in [0.3, 0.4) is 0 Å². The van der Waals surface area contributed by atoms with E-state index in [0.717, 1.165) is 0 Å². The van der Waals surface area contributed by atoms with Crippen LogP contribution in [0, 0.1) is 12.1 Å². The van der Waals surface area contributed by atoms with E-state index in [9.17, 15) is 9.90 Å². The number of hydrogen-bond donors (Lipinski definition) is 1. The number of ether oxygens (including phenoxy) is 1. The van der Waals surface area contributed by atoms with Crippen LogP contribution in [0.1, 0.15) is 26.3 Å². The van der Waals surface area contributed by atoms with Gasteiger partial charge in [-0.05, 0) is 20.8 Å². The maximum Gasteiger partial charge on any atom is 0.172 e. The Labute approximate surface area is 95.4 Å². The molecule has 1 N–H and O–H groups in total. The lowest BCUT2D eigenvalue weighted by molar-refractivity contribution is -0.131. The van der Waals surface area contributed by atoms with Gasteiger partial charge >= 0.3 is 0 Å². The van der Waals surface area contributed by atoms with Crippen molar-refractivity contribution in [2.75, 3.05) is 0 Å². The first-order valence-electron chi connectivity index (χ1n) is 4.84. The Kier molecular flexibility index (Phi) is 3.24. The maximum atomic E-state index is 11.3. The topological polar surface area (TPSA) is 46.5 Å². The van der Waals surface area contributed by atoms with Crippen LogP contribution in [-0.4, -0.2) is 16.5 Å². The minimum Gasteiger partial charge on any atom is -0.506 e. The number of aromatic hydroxyl groups is 1. The van der Waals surface area contributed by atoms with Gasteiger partial charge in [-0.2, -0.15) is 0 Å². The van der Waals surface area contributed by atoms with Gasteiger partial charge in [0.1, 0.15) is 11.5 Å². The zero-order chi connectivity index (χ0) is 12.3. The lowest BCUT2D eigenvalue weighted by atomic mass is 10.0. The molecule has 0 atom stereocenters. The van der Waals surface area contributed by atoms with Gasteiger partial charge in [-0.3, -0.25) is 4.79 Å². The standard InChI is InChI=1S/C13H14O3/c1-9(16-13(3,4)10(2)14)11-7-5-6-8-12(11)15/h7-8,15H,1H2,2-4H3. The molecule has 0 aromatic heterocycles. The van der Waals surface area contributed by atoms with Gasteiger partial charge in [-0.1, -0.05) is 18.7 Å². The van der Waals surface area contributed by atoms with Crippen LogP contribution in [0.15, 0.2) is 18.7 Å². The van der Waals surface area contributed by atoms with Gasteiger partial charge in [-0.25, -0.2) is 0 Å². The third-order valence-electron chi connectivity index (χ3n) is 2.31. The van der Waals surface area contributed by atoms with Crippen LogP contribution < -0.4 is 0 Å². The Balaban J connectivity index is 2.89. The van der Waals surface area contributed by atoms with Crippen molar-refractivity contribution < 1.29 is 14.6 Å². The lowest BCUT2D eigenvalue weighted by Crippen LogP contribution is -2.32. The highest BCUT2D eigenvalue weighted by molar-refractivity contribution is 5.85. The molecule has 0 aliphatic rings. The molecule has 3 nitrogen and oxygen atoms in total. The molecule has 0 aliphatic heterocycles. The molecular formula is C13H14O3. The van der Waals surface area contributed by atoms with E-state index in [1.807, 2.05) is 0 Å². The van der Waals surface area contributed by atoms with E-state index in [1.165, 1.54) is 19.1 Å². The average Bonchev–Trinajstić information content (AvgIpc) is 2.17. The van der Waals surface area contributed by atoms with E-state index in [1.54, 1.807) is 13.8 Å². The first kappa shape index (κ1) is 12.1. The summed E-state index contributed by atoms with van der Waals surface area (Å²) in [6.45, 7) is 8.43. The van der Waals surface area contributed by atoms with Gasteiger partial charge in [0.2, 0.25) is 0 Å². The molecule has 0 unspecified atom stereocenters. The van der Waals surface area contributed by atoms with E-state index in [2.05, 4.69) is 18.7 Å². The first-order chi connectivity index (χ1) is 7.34. The van der Waals surface area contributed by atoms with E-state index in [-0.39, 0.29) is 17.3 Å². The van der Waals surface area contributed by atoms with E-state index in [4.69, 9.17) is 4.74 Å².